The van der Waals surface area contributed by atoms with Crippen molar-refractivity contribution in [3.63, 3.8) is 0 Å². The first-order valence-corrected chi connectivity index (χ1v) is 12.1. The zero-order chi connectivity index (χ0) is 21.6. The number of amides is 2. The number of hydrogen-bond donors (Lipinski definition) is 4. The Balaban J connectivity index is 2.22. The van der Waals surface area contributed by atoms with Crippen LogP contribution in [0.2, 0.25) is 0 Å². The van der Waals surface area contributed by atoms with Crippen molar-refractivity contribution in [2.45, 2.75) is 38.8 Å². The summed E-state index contributed by atoms with van der Waals surface area (Å²) in [6.07, 6.45) is 2.40. The molecule has 10 heteroatoms. The van der Waals surface area contributed by atoms with Gasteiger partial charge in [-0.25, -0.2) is 13.1 Å². The van der Waals surface area contributed by atoms with E-state index in [0.717, 1.165) is 16.5 Å². The van der Waals surface area contributed by atoms with Crippen LogP contribution >= 0.6 is 15.9 Å². The van der Waals surface area contributed by atoms with E-state index in [-0.39, 0.29) is 22.9 Å². The molecule has 0 aliphatic rings. The fraction of sp³-hybridized carbons (Fsp3) is 0.474. The van der Waals surface area contributed by atoms with Gasteiger partial charge in [-0.1, -0.05) is 48.0 Å². The van der Waals surface area contributed by atoms with E-state index in [1.165, 1.54) is 7.05 Å². The first-order chi connectivity index (χ1) is 13.7. The fourth-order valence-electron chi connectivity index (χ4n) is 3.10. The zero-order valence-corrected chi connectivity index (χ0v) is 19.1. The highest BCUT2D eigenvalue weighted by Crippen LogP contribution is 2.19. The number of carbonyl (C=O) groups is 2. The van der Waals surface area contributed by atoms with Gasteiger partial charge in [0.1, 0.15) is 16.7 Å². The van der Waals surface area contributed by atoms with Gasteiger partial charge in [-0.15, -0.1) is 0 Å². The molecule has 2 atom stereocenters. The van der Waals surface area contributed by atoms with Gasteiger partial charge in [-0.3, -0.25) is 9.59 Å². The number of aromatic nitrogens is 1. The van der Waals surface area contributed by atoms with Crippen molar-refractivity contribution in [3.8, 4) is 0 Å². The number of aromatic amines is 1. The second kappa shape index (κ2) is 10.2. The van der Waals surface area contributed by atoms with Crippen molar-refractivity contribution in [3.05, 3.63) is 36.0 Å². The lowest BCUT2D eigenvalue weighted by atomic mass is 10.0. The van der Waals surface area contributed by atoms with Gasteiger partial charge in [0.25, 0.3) is 0 Å². The van der Waals surface area contributed by atoms with Gasteiger partial charge in [-0.05, 0) is 24.0 Å². The number of fused-ring (bicyclic) bond motifs is 1. The Labute approximate surface area is 179 Å². The third-order valence-electron chi connectivity index (χ3n) is 4.47. The van der Waals surface area contributed by atoms with Crippen LogP contribution in [0.3, 0.4) is 0 Å². The van der Waals surface area contributed by atoms with E-state index in [1.807, 2.05) is 44.3 Å². The minimum atomic E-state index is -3.65. The number of nitrogens with one attached hydrogen (secondary N) is 4. The van der Waals surface area contributed by atoms with Crippen molar-refractivity contribution < 1.29 is 18.0 Å². The molecule has 0 fully saturated rings. The molecule has 1 aromatic heterocycles. The van der Waals surface area contributed by atoms with Crippen LogP contribution in [-0.2, 0) is 26.0 Å². The molecule has 0 radical (unpaired) electrons. The molecule has 2 unspecified atom stereocenters. The molecule has 0 aliphatic heterocycles. The molecule has 1 aromatic carbocycles. The van der Waals surface area contributed by atoms with Crippen LogP contribution in [-0.4, -0.2) is 49.0 Å². The SMILES string of the molecule is CNC(=O)C(Cc1c[nH]c2ccccc12)NC(=O)C(CC(C)C)NS(=O)(=O)CBr. The average molecular weight is 487 g/mol. The minimum Gasteiger partial charge on any atom is -0.361 e. The van der Waals surface area contributed by atoms with E-state index in [9.17, 15) is 18.0 Å². The lowest BCUT2D eigenvalue weighted by molar-refractivity contribution is -0.129. The largest absolute Gasteiger partial charge is 0.361 e. The van der Waals surface area contributed by atoms with Gasteiger partial charge in [0.05, 0.1) is 0 Å². The van der Waals surface area contributed by atoms with Crippen LogP contribution in [0.4, 0.5) is 0 Å². The lowest BCUT2D eigenvalue weighted by Gasteiger charge is -2.23. The van der Waals surface area contributed by atoms with Crippen molar-refractivity contribution >= 4 is 48.7 Å². The summed E-state index contributed by atoms with van der Waals surface area (Å²) in [5.74, 6) is -0.803. The third-order valence-corrected chi connectivity index (χ3v) is 7.21. The number of para-hydroxylation sites is 1. The molecule has 2 rings (SSSR count). The summed E-state index contributed by atoms with van der Waals surface area (Å²) in [6.45, 7) is 3.79. The predicted octanol–water partition coefficient (Wildman–Crippen LogP) is 1.63. The van der Waals surface area contributed by atoms with Crippen molar-refractivity contribution in [1.29, 1.82) is 0 Å². The maximum absolute atomic E-state index is 12.9. The smallest absolute Gasteiger partial charge is 0.242 e. The highest BCUT2D eigenvalue weighted by Gasteiger charge is 2.29. The number of alkyl halides is 1. The van der Waals surface area contributed by atoms with Gasteiger partial charge in [-0.2, -0.15) is 0 Å². The van der Waals surface area contributed by atoms with Crippen LogP contribution in [0.15, 0.2) is 30.5 Å². The summed E-state index contributed by atoms with van der Waals surface area (Å²) < 4.78 is 26.0. The highest BCUT2D eigenvalue weighted by atomic mass is 79.9. The van der Waals surface area contributed by atoms with E-state index in [2.05, 4.69) is 36.3 Å². The number of halogens is 1. The Bertz CT molecular complexity index is 958. The predicted molar refractivity (Wildman–Crippen MR) is 117 cm³/mol. The molecule has 2 aromatic rings. The Morgan fingerprint density at radius 2 is 1.83 bits per heavy atom. The number of benzene rings is 1. The monoisotopic (exact) mass is 486 g/mol. The molecule has 0 saturated carbocycles. The van der Waals surface area contributed by atoms with E-state index in [0.29, 0.717) is 6.42 Å². The zero-order valence-electron chi connectivity index (χ0n) is 16.7. The number of sulfonamides is 1. The van der Waals surface area contributed by atoms with E-state index < -0.39 is 28.0 Å². The van der Waals surface area contributed by atoms with E-state index in [1.54, 1.807) is 0 Å². The maximum Gasteiger partial charge on any atom is 0.242 e. The molecule has 4 N–H and O–H groups in total. The third kappa shape index (κ3) is 6.55. The van der Waals surface area contributed by atoms with Crippen LogP contribution in [0.5, 0.6) is 0 Å². The Morgan fingerprint density at radius 1 is 1.14 bits per heavy atom. The number of likely N-dealkylation sites (N-methyl/N-ethyl adjacent to an activating group) is 1. The van der Waals surface area contributed by atoms with Gasteiger partial charge in [0, 0.05) is 30.6 Å². The summed E-state index contributed by atoms with van der Waals surface area (Å²) in [7, 11) is -2.15. The molecule has 160 valence electrons. The molecule has 0 bridgehead atoms. The molecular weight excluding hydrogens is 460 g/mol. The quantitative estimate of drug-likeness (QED) is 0.381. The van der Waals surface area contributed by atoms with Crippen molar-refractivity contribution in [1.82, 2.24) is 20.3 Å². The number of hydrogen-bond acceptors (Lipinski definition) is 4. The van der Waals surface area contributed by atoms with Gasteiger partial charge < -0.3 is 15.6 Å². The van der Waals surface area contributed by atoms with Crippen LogP contribution in [0.25, 0.3) is 10.9 Å². The summed E-state index contributed by atoms with van der Waals surface area (Å²) in [5, 5.41) is 6.24. The first-order valence-electron chi connectivity index (χ1n) is 9.29. The molecule has 2 amide bonds. The molecule has 8 nitrogen and oxygen atoms in total. The highest BCUT2D eigenvalue weighted by molar-refractivity contribution is 9.10. The van der Waals surface area contributed by atoms with Crippen molar-refractivity contribution in [2.75, 3.05) is 11.7 Å². The molecule has 0 saturated heterocycles. The molecule has 29 heavy (non-hydrogen) atoms. The normalized spacial score (nSPS) is 14.0. The Kier molecular flexibility index (Phi) is 8.23. The summed E-state index contributed by atoms with van der Waals surface area (Å²) in [6, 6.07) is 5.88. The Hall–Kier alpha value is -1.91. The van der Waals surface area contributed by atoms with Crippen molar-refractivity contribution in [2.24, 2.45) is 5.92 Å². The van der Waals surface area contributed by atoms with Gasteiger partial charge in [0.15, 0.2) is 0 Å². The van der Waals surface area contributed by atoms with Gasteiger partial charge >= 0.3 is 0 Å². The summed E-state index contributed by atoms with van der Waals surface area (Å²) in [5.41, 5.74) is 1.82. The summed E-state index contributed by atoms with van der Waals surface area (Å²) in [4.78, 5) is 28.4. The molecular formula is C19H27BrN4O4S. The Morgan fingerprint density at radius 3 is 2.45 bits per heavy atom. The standard InChI is InChI=1S/C19H27BrN4O4S/c1-12(2)8-17(24-29(27,28)11-20)19(26)23-16(18(25)21-3)9-13-10-22-15-7-5-4-6-14(13)15/h4-7,10,12,16-17,22,24H,8-9,11H2,1-3H3,(H,21,25)(H,23,26). The molecule has 0 spiro atoms. The number of rotatable bonds is 10. The van der Waals surface area contributed by atoms with Gasteiger partial charge in [0.2, 0.25) is 21.8 Å². The number of H-pyrrole nitrogens is 1. The average Bonchev–Trinajstić information content (AvgIpc) is 3.08. The summed E-state index contributed by atoms with van der Waals surface area (Å²) >= 11 is 2.91. The van der Waals surface area contributed by atoms with Crippen LogP contribution in [0, 0.1) is 5.92 Å². The topological polar surface area (TPSA) is 120 Å². The molecule has 1 heterocycles. The second-order valence-corrected chi connectivity index (χ2v) is 10.3. The molecule has 0 aliphatic carbocycles. The van der Waals surface area contributed by atoms with Crippen LogP contribution in [0.1, 0.15) is 25.8 Å². The minimum absolute atomic E-state index is 0.0795. The fourth-order valence-corrected chi connectivity index (χ4v) is 4.20. The maximum atomic E-state index is 12.9. The van der Waals surface area contributed by atoms with E-state index in [4.69, 9.17) is 0 Å². The van der Waals surface area contributed by atoms with E-state index >= 15 is 0 Å². The second-order valence-electron chi connectivity index (χ2n) is 7.26. The number of carbonyl (C=O) groups excluding carboxylic acids is 2. The lowest BCUT2D eigenvalue weighted by Crippen LogP contribution is -2.54. The van der Waals surface area contributed by atoms with Crippen LogP contribution < -0.4 is 15.4 Å². The first kappa shape index (κ1) is 23.4.